The molecule has 0 spiro atoms. The zero-order valence-corrected chi connectivity index (χ0v) is 16.4. The number of non-ortho nitro benzene ring substituents is 1. The summed E-state index contributed by atoms with van der Waals surface area (Å²) in [6, 6.07) is 5.66. The number of piperazine rings is 1. The van der Waals surface area contributed by atoms with Gasteiger partial charge in [-0.25, -0.2) is 8.42 Å². The first-order valence-electron chi connectivity index (χ1n) is 8.94. The third kappa shape index (κ3) is 6.26. The molecule has 1 fully saturated rings. The number of carbonyl (C=O) groups excluding carboxylic acids is 1. The van der Waals surface area contributed by atoms with Gasteiger partial charge in [-0.05, 0) is 18.9 Å². The van der Waals surface area contributed by atoms with Gasteiger partial charge in [0.2, 0.25) is 15.9 Å². The molecule has 10 heteroatoms. The number of nitro benzene ring substituents is 1. The van der Waals surface area contributed by atoms with Gasteiger partial charge in [-0.15, -0.1) is 0 Å². The Morgan fingerprint density at radius 3 is 2.33 bits per heavy atom. The van der Waals surface area contributed by atoms with Crippen LogP contribution in [0.3, 0.4) is 0 Å². The van der Waals surface area contributed by atoms with Gasteiger partial charge in [0.15, 0.2) is 0 Å². The molecule has 1 atom stereocenters. The van der Waals surface area contributed by atoms with Crippen LogP contribution in [0.5, 0.6) is 0 Å². The second kappa shape index (κ2) is 9.25. The summed E-state index contributed by atoms with van der Waals surface area (Å²) in [6.07, 6.45) is 0.862. The van der Waals surface area contributed by atoms with Crippen molar-refractivity contribution in [1.29, 1.82) is 0 Å². The minimum atomic E-state index is -3.51. The van der Waals surface area contributed by atoms with Crippen LogP contribution in [0.2, 0.25) is 0 Å². The lowest BCUT2D eigenvalue weighted by Crippen LogP contribution is -2.51. The summed E-state index contributed by atoms with van der Waals surface area (Å²) in [7, 11) is -3.51. The topological polar surface area (TPSA) is 113 Å². The van der Waals surface area contributed by atoms with Crippen molar-refractivity contribution in [2.24, 2.45) is 0 Å². The van der Waals surface area contributed by atoms with Crippen molar-refractivity contribution in [2.45, 2.75) is 32.1 Å². The molecule has 0 aromatic heterocycles. The smallest absolute Gasteiger partial charge is 0.269 e. The fourth-order valence-electron chi connectivity index (χ4n) is 2.81. The lowest BCUT2D eigenvalue weighted by atomic mass is 10.2. The van der Waals surface area contributed by atoms with Crippen LogP contribution in [0, 0.1) is 10.1 Å². The molecule has 0 saturated carbocycles. The lowest BCUT2D eigenvalue weighted by Gasteiger charge is -2.33. The largest absolute Gasteiger partial charge is 0.353 e. The van der Waals surface area contributed by atoms with Gasteiger partial charge in [-0.2, -0.15) is 4.31 Å². The number of nitrogens with one attached hydrogen (secondary N) is 1. The maximum Gasteiger partial charge on any atom is 0.269 e. The number of nitrogens with zero attached hydrogens (tertiary/aromatic N) is 3. The minimum absolute atomic E-state index is 0.0495. The van der Waals surface area contributed by atoms with Gasteiger partial charge in [-0.3, -0.25) is 19.8 Å². The molecule has 27 heavy (non-hydrogen) atoms. The molecule has 150 valence electrons. The highest BCUT2D eigenvalue weighted by atomic mass is 32.2. The SMILES string of the molecule is CCC(C)NC(=O)CN1CCN(S(=O)(=O)Cc2ccc([N+](=O)[O-])cc2)CC1. The number of rotatable bonds is 8. The Balaban J connectivity index is 1.86. The van der Waals surface area contributed by atoms with Crippen LogP contribution in [-0.2, 0) is 20.6 Å². The minimum Gasteiger partial charge on any atom is -0.353 e. The lowest BCUT2D eigenvalue weighted by molar-refractivity contribution is -0.384. The van der Waals surface area contributed by atoms with Crippen molar-refractivity contribution in [2.75, 3.05) is 32.7 Å². The molecule has 1 aromatic rings. The predicted octanol–water partition coefficient (Wildman–Crippen LogP) is 0.957. The summed E-state index contributed by atoms with van der Waals surface area (Å²) in [6.45, 7) is 5.85. The van der Waals surface area contributed by atoms with Gasteiger partial charge in [0.25, 0.3) is 5.69 Å². The standard InChI is InChI=1S/C17H26N4O5S/c1-3-14(2)18-17(22)12-19-8-10-20(11-9-19)27(25,26)13-15-4-6-16(7-5-15)21(23)24/h4-7,14H,3,8-13H2,1-2H3,(H,18,22). The van der Waals surface area contributed by atoms with E-state index in [0.717, 1.165) is 6.42 Å². The Kier molecular flexibility index (Phi) is 7.28. The highest BCUT2D eigenvalue weighted by Crippen LogP contribution is 2.17. The maximum atomic E-state index is 12.6. The van der Waals surface area contributed by atoms with Crippen LogP contribution >= 0.6 is 0 Å². The van der Waals surface area contributed by atoms with E-state index in [0.29, 0.717) is 31.7 Å². The molecular formula is C17H26N4O5S. The van der Waals surface area contributed by atoms with Crippen molar-refractivity contribution in [3.05, 3.63) is 39.9 Å². The average molecular weight is 398 g/mol. The highest BCUT2D eigenvalue weighted by molar-refractivity contribution is 7.88. The number of hydrogen-bond donors (Lipinski definition) is 1. The fraction of sp³-hybridized carbons (Fsp3) is 0.588. The zero-order chi connectivity index (χ0) is 20.0. The van der Waals surface area contributed by atoms with Crippen LogP contribution in [0.15, 0.2) is 24.3 Å². The van der Waals surface area contributed by atoms with Gasteiger partial charge in [0.1, 0.15) is 0 Å². The van der Waals surface area contributed by atoms with Crippen LogP contribution in [0.1, 0.15) is 25.8 Å². The second-order valence-electron chi connectivity index (χ2n) is 6.73. The van der Waals surface area contributed by atoms with E-state index in [-0.39, 0.29) is 29.9 Å². The fourth-order valence-corrected chi connectivity index (χ4v) is 4.32. The quantitative estimate of drug-likeness (QED) is 0.515. The number of amides is 1. The molecule has 0 radical (unpaired) electrons. The molecule has 1 unspecified atom stereocenters. The highest BCUT2D eigenvalue weighted by Gasteiger charge is 2.28. The Morgan fingerprint density at radius 1 is 1.22 bits per heavy atom. The van der Waals surface area contributed by atoms with Crippen molar-refractivity contribution < 1.29 is 18.1 Å². The van der Waals surface area contributed by atoms with Gasteiger partial charge in [-0.1, -0.05) is 19.1 Å². The van der Waals surface area contributed by atoms with Gasteiger partial charge < -0.3 is 5.32 Å². The third-order valence-electron chi connectivity index (χ3n) is 4.61. The number of benzene rings is 1. The maximum absolute atomic E-state index is 12.6. The van der Waals surface area contributed by atoms with E-state index in [2.05, 4.69) is 5.32 Å². The molecule has 9 nitrogen and oxygen atoms in total. The molecule has 0 bridgehead atoms. The van der Waals surface area contributed by atoms with Crippen LogP contribution < -0.4 is 5.32 Å². The summed E-state index contributed by atoms with van der Waals surface area (Å²) >= 11 is 0. The molecule has 1 heterocycles. The van der Waals surface area contributed by atoms with Crippen molar-refractivity contribution in [3.8, 4) is 0 Å². The molecule has 0 aliphatic carbocycles. The monoisotopic (exact) mass is 398 g/mol. The normalized spacial score (nSPS) is 17.4. The Bertz CT molecular complexity index is 758. The molecular weight excluding hydrogens is 372 g/mol. The number of sulfonamides is 1. The van der Waals surface area contributed by atoms with Crippen LogP contribution in [-0.4, -0.2) is 67.2 Å². The summed E-state index contributed by atoms with van der Waals surface area (Å²) in [5.41, 5.74) is 0.441. The molecule has 1 aromatic carbocycles. The van der Waals surface area contributed by atoms with E-state index in [9.17, 15) is 23.3 Å². The van der Waals surface area contributed by atoms with Crippen molar-refractivity contribution in [1.82, 2.24) is 14.5 Å². The van der Waals surface area contributed by atoms with E-state index in [1.165, 1.54) is 28.6 Å². The predicted molar refractivity (Wildman–Crippen MR) is 102 cm³/mol. The molecule has 1 N–H and O–H groups in total. The first-order valence-corrected chi connectivity index (χ1v) is 10.5. The number of hydrogen-bond acceptors (Lipinski definition) is 6. The first-order chi connectivity index (χ1) is 12.7. The van der Waals surface area contributed by atoms with Gasteiger partial charge in [0, 0.05) is 44.4 Å². The molecule has 1 aliphatic heterocycles. The summed E-state index contributed by atoms with van der Waals surface area (Å²) < 4.78 is 26.6. The molecule has 1 saturated heterocycles. The van der Waals surface area contributed by atoms with Crippen LogP contribution in [0.4, 0.5) is 5.69 Å². The van der Waals surface area contributed by atoms with Crippen molar-refractivity contribution >= 4 is 21.6 Å². The van der Waals surface area contributed by atoms with Gasteiger partial charge in [0.05, 0.1) is 17.2 Å². The Labute approximate surface area is 159 Å². The van der Waals surface area contributed by atoms with E-state index in [4.69, 9.17) is 0 Å². The molecule has 2 rings (SSSR count). The van der Waals surface area contributed by atoms with E-state index >= 15 is 0 Å². The van der Waals surface area contributed by atoms with Crippen molar-refractivity contribution in [3.63, 3.8) is 0 Å². The number of carbonyl (C=O) groups is 1. The Morgan fingerprint density at radius 2 is 1.81 bits per heavy atom. The Hall–Kier alpha value is -2.04. The summed E-state index contributed by atoms with van der Waals surface area (Å²) in [5, 5.41) is 13.6. The summed E-state index contributed by atoms with van der Waals surface area (Å²) in [5.74, 6) is -0.244. The van der Waals surface area contributed by atoms with E-state index < -0.39 is 14.9 Å². The third-order valence-corrected chi connectivity index (χ3v) is 6.46. The zero-order valence-electron chi connectivity index (χ0n) is 15.6. The van der Waals surface area contributed by atoms with Crippen LogP contribution in [0.25, 0.3) is 0 Å². The average Bonchev–Trinajstić information content (AvgIpc) is 2.62. The first kappa shape index (κ1) is 21.3. The second-order valence-corrected chi connectivity index (χ2v) is 8.70. The number of nitro groups is 1. The molecule has 1 amide bonds. The van der Waals surface area contributed by atoms with E-state index in [1.54, 1.807) is 0 Å². The molecule has 1 aliphatic rings. The van der Waals surface area contributed by atoms with Gasteiger partial charge >= 0.3 is 0 Å². The van der Waals surface area contributed by atoms with E-state index in [1.807, 2.05) is 18.7 Å². The summed E-state index contributed by atoms with van der Waals surface area (Å²) in [4.78, 5) is 24.0.